The number of anilines is 1. The normalized spacial score (nSPS) is 11.8. The van der Waals surface area contributed by atoms with Crippen molar-refractivity contribution >= 4 is 29.0 Å². The van der Waals surface area contributed by atoms with Gasteiger partial charge in [0.15, 0.2) is 5.16 Å². The largest absolute Gasteiger partial charge is 0.337 e. The monoisotopic (exact) mass is 396 g/mol. The number of aromatic nitrogens is 2. The van der Waals surface area contributed by atoms with Gasteiger partial charge in [-0.2, -0.15) is 0 Å². The third-order valence-electron chi connectivity index (χ3n) is 4.19. The minimum absolute atomic E-state index is 0.132. The van der Waals surface area contributed by atoms with Crippen LogP contribution in [-0.4, -0.2) is 26.0 Å². The molecule has 3 aromatic rings. The van der Waals surface area contributed by atoms with Gasteiger partial charge in [-0.15, -0.1) is 0 Å². The predicted octanol–water partition coefficient (Wildman–Crippen LogP) is 4.34. The summed E-state index contributed by atoms with van der Waals surface area (Å²) < 4.78 is 0. The van der Waals surface area contributed by atoms with Crippen molar-refractivity contribution in [1.82, 2.24) is 9.97 Å². The number of rotatable bonds is 7. The van der Waals surface area contributed by atoms with E-state index in [4.69, 9.17) is 0 Å². The van der Waals surface area contributed by atoms with Crippen LogP contribution in [0, 0.1) is 17.0 Å². The molecule has 2 N–H and O–H groups in total. The van der Waals surface area contributed by atoms with Crippen molar-refractivity contribution in [3.8, 4) is 0 Å². The number of para-hydroxylation sites is 2. The van der Waals surface area contributed by atoms with Gasteiger partial charge in [0.2, 0.25) is 5.91 Å². The number of carbonyl (C=O) groups excluding carboxylic acids is 1. The van der Waals surface area contributed by atoms with Crippen LogP contribution in [0.5, 0.6) is 0 Å². The Bertz CT molecular complexity index is 988. The summed E-state index contributed by atoms with van der Waals surface area (Å²) in [5, 5.41) is 13.9. The summed E-state index contributed by atoms with van der Waals surface area (Å²) >= 11 is 1.28. The average molecular weight is 396 g/mol. The molecule has 0 radical (unpaired) electrons. The Labute approximate surface area is 166 Å². The topological polar surface area (TPSA) is 101 Å². The van der Waals surface area contributed by atoms with Gasteiger partial charge in [0.05, 0.1) is 15.9 Å². The lowest BCUT2D eigenvalue weighted by Crippen LogP contribution is -2.23. The molecular weight excluding hydrogens is 376 g/mol. The lowest BCUT2D eigenvalue weighted by atomic mass is 10.1. The Balaban J connectivity index is 1.66. The lowest BCUT2D eigenvalue weighted by Gasteiger charge is -2.10. The molecule has 2 aromatic carbocycles. The fraction of sp³-hybridized carbons (Fsp3) is 0.200. The van der Waals surface area contributed by atoms with Crippen molar-refractivity contribution < 1.29 is 9.72 Å². The molecule has 0 saturated carbocycles. The van der Waals surface area contributed by atoms with Gasteiger partial charge in [0.25, 0.3) is 5.69 Å². The second-order valence-electron chi connectivity index (χ2n) is 6.30. The van der Waals surface area contributed by atoms with Crippen molar-refractivity contribution in [2.24, 2.45) is 0 Å². The van der Waals surface area contributed by atoms with Crippen LogP contribution in [0.4, 0.5) is 11.4 Å². The summed E-state index contributed by atoms with van der Waals surface area (Å²) in [6, 6.07) is 16.1. The molecule has 0 aliphatic carbocycles. The molecule has 0 spiro atoms. The molecule has 0 fully saturated rings. The van der Waals surface area contributed by atoms with Gasteiger partial charge in [-0.25, -0.2) is 4.98 Å². The predicted molar refractivity (Wildman–Crippen MR) is 110 cm³/mol. The van der Waals surface area contributed by atoms with Crippen molar-refractivity contribution in [2.75, 3.05) is 5.32 Å². The molecule has 28 heavy (non-hydrogen) atoms. The first-order valence-electron chi connectivity index (χ1n) is 8.74. The SMILES string of the molecule is Cc1[nH]c(S[C@@H](C)C(=O)Nc2ccccc2[N+](=O)[O-])nc1Cc1ccccc1. The zero-order valence-electron chi connectivity index (χ0n) is 15.5. The van der Waals surface area contributed by atoms with Crippen LogP contribution < -0.4 is 5.32 Å². The van der Waals surface area contributed by atoms with Crippen LogP contribution >= 0.6 is 11.8 Å². The molecule has 0 unspecified atom stereocenters. The van der Waals surface area contributed by atoms with Crippen molar-refractivity contribution in [3.63, 3.8) is 0 Å². The first-order chi connectivity index (χ1) is 13.4. The number of amides is 1. The number of H-pyrrole nitrogens is 1. The molecule has 1 heterocycles. The molecule has 7 nitrogen and oxygen atoms in total. The molecule has 144 valence electrons. The molecule has 0 saturated heterocycles. The van der Waals surface area contributed by atoms with Crippen LogP contribution in [-0.2, 0) is 11.2 Å². The molecule has 1 amide bonds. The van der Waals surface area contributed by atoms with E-state index in [0.717, 1.165) is 17.0 Å². The number of aromatic amines is 1. The van der Waals surface area contributed by atoms with E-state index in [1.807, 2.05) is 37.3 Å². The van der Waals surface area contributed by atoms with E-state index in [9.17, 15) is 14.9 Å². The Morgan fingerprint density at radius 1 is 1.21 bits per heavy atom. The minimum Gasteiger partial charge on any atom is -0.337 e. The highest BCUT2D eigenvalue weighted by Gasteiger charge is 2.21. The number of carbonyl (C=O) groups is 1. The van der Waals surface area contributed by atoms with E-state index in [-0.39, 0.29) is 17.3 Å². The van der Waals surface area contributed by atoms with Crippen LogP contribution in [0.15, 0.2) is 59.8 Å². The van der Waals surface area contributed by atoms with E-state index in [1.54, 1.807) is 19.1 Å². The molecular formula is C20H20N4O3S. The van der Waals surface area contributed by atoms with E-state index in [0.29, 0.717) is 11.6 Å². The first-order valence-corrected chi connectivity index (χ1v) is 9.62. The number of hydrogen-bond acceptors (Lipinski definition) is 5. The summed E-state index contributed by atoms with van der Waals surface area (Å²) in [5.41, 5.74) is 3.10. The zero-order chi connectivity index (χ0) is 20.1. The smallest absolute Gasteiger partial charge is 0.292 e. The standard InChI is InChI=1S/C20H20N4O3S/c1-13-17(12-15-8-4-3-5-9-15)23-20(21-13)28-14(2)19(25)22-16-10-6-7-11-18(16)24(26)27/h3-11,14H,12H2,1-2H3,(H,21,23)(H,22,25)/t14-/m0/s1. The molecule has 0 aliphatic rings. The van der Waals surface area contributed by atoms with Crippen LogP contribution in [0.1, 0.15) is 23.9 Å². The number of benzene rings is 2. The summed E-state index contributed by atoms with van der Waals surface area (Å²) in [6.07, 6.45) is 0.709. The van der Waals surface area contributed by atoms with Crippen LogP contribution in [0.25, 0.3) is 0 Å². The number of nitrogens with zero attached hydrogens (tertiary/aromatic N) is 2. The maximum atomic E-state index is 12.5. The number of aryl methyl sites for hydroxylation is 1. The summed E-state index contributed by atoms with van der Waals surface area (Å²) in [6.45, 7) is 3.69. The summed E-state index contributed by atoms with van der Waals surface area (Å²) in [7, 11) is 0. The highest BCUT2D eigenvalue weighted by atomic mass is 32.2. The van der Waals surface area contributed by atoms with E-state index >= 15 is 0 Å². The second-order valence-corrected chi connectivity index (χ2v) is 7.63. The van der Waals surface area contributed by atoms with E-state index < -0.39 is 10.2 Å². The summed E-state index contributed by atoms with van der Waals surface area (Å²) in [5.74, 6) is -0.321. The summed E-state index contributed by atoms with van der Waals surface area (Å²) in [4.78, 5) is 30.9. The highest BCUT2D eigenvalue weighted by Crippen LogP contribution is 2.27. The van der Waals surface area contributed by atoms with Gasteiger partial charge in [0, 0.05) is 18.2 Å². The van der Waals surface area contributed by atoms with Gasteiger partial charge in [-0.3, -0.25) is 14.9 Å². The molecule has 1 atom stereocenters. The number of imidazole rings is 1. The highest BCUT2D eigenvalue weighted by molar-refractivity contribution is 8.00. The fourth-order valence-corrected chi connectivity index (χ4v) is 3.55. The van der Waals surface area contributed by atoms with Crippen molar-refractivity contribution in [3.05, 3.63) is 81.7 Å². The van der Waals surface area contributed by atoms with Gasteiger partial charge in [-0.1, -0.05) is 54.2 Å². The Hall–Kier alpha value is -3.13. The van der Waals surface area contributed by atoms with Crippen LogP contribution in [0.3, 0.4) is 0 Å². The Morgan fingerprint density at radius 2 is 1.89 bits per heavy atom. The lowest BCUT2D eigenvalue weighted by molar-refractivity contribution is -0.383. The number of hydrogen-bond donors (Lipinski definition) is 2. The van der Waals surface area contributed by atoms with E-state index in [2.05, 4.69) is 15.3 Å². The molecule has 0 aliphatic heterocycles. The van der Waals surface area contributed by atoms with Crippen molar-refractivity contribution in [1.29, 1.82) is 0 Å². The maximum Gasteiger partial charge on any atom is 0.292 e. The van der Waals surface area contributed by atoms with E-state index in [1.165, 1.54) is 23.9 Å². The third kappa shape index (κ3) is 4.77. The number of nitro groups is 1. The number of thioether (sulfide) groups is 1. The third-order valence-corrected chi connectivity index (χ3v) is 5.18. The molecule has 0 bridgehead atoms. The van der Waals surface area contributed by atoms with Gasteiger partial charge in [0.1, 0.15) is 5.69 Å². The average Bonchev–Trinajstić information content (AvgIpc) is 3.01. The second kappa shape index (κ2) is 8.71. The number of nitrogens with one attached hydrogen (secondary N) is 2. The Morgan fingerprint density at radius 3 is 2.61 bits per heavy atom. The maximum absolute atomic E-state index is 12.5. The first kappa shape index (κ1) is 19.6. The molecule has 3 rings (SSSR count). The Kier molecular flexibility index (Phi) is 6.10. The van der Waals surface area contributed by atoms with Gasteiger partial charge in [-0.05, 0) is 25.5 Å². The quantitative estimate of drug-likeness (QED) is 0.351. The molecule has 8 heteroatoms. The molecule has 1 aromatic heterocycles. The van der Waals surface area contributed by atoms with Gasteiger partial charge >= 0.3 is 0 Å². The minimum atomic E-state index is -0.515. The van der Waals surface area contributed by atoms with Crippen LogP contribution in [0.2, 0.25) is 0 Å². The fourth-order valence-electron chi connectivity index (χ4n) is 2.68. The zero-order valence-corrected chi connectivity index (χ0v) is 16.3. The van der Waals surface area contributed by atoms with Crippen molar-refractivity contribution in [2.45, 2.75) is 30.7 Å². The number of nitro benzene ring substituents is 1. The van der Waals surface area contributed by atoms with Gasteiger partial charge < -0.3 is 10.3 Å².